The quantitative estimate of drug-likeness (QED) is 0.688. The summed E-state index contributed by atoms with van der Waals surface area (Å²) in [6, 6.07) is 6.19. The largest absolute Gasteiger partial charge is 0.351 e. The van der Waals surface area contributed by atoms with Gasteiger partial charge in [-0.25, -0.2) is 8.78 Å². The Morgan fingerprint density at radius 2 is 1.91 bits per heavy atom. The SMILES string of the molecule is O=C(Nc1noc2c(F)cccc12)c1cc(F)c(Cl)cc1Cl. The molecule has 1 amide bonds. The molecule has 22 heavy (non-hydrogen) atoms. The van der Waals surface area contributed by atoms with Crippen LogP contribution in [0.15, 0.2) is 34.9 Å². The van der Waals surface area contributed by atoms with Crippen molar-refractivity contribution >= 4 is 45.9 Å². The lowest BCUT2D eigenvalue weighted by atomic mass is 10.2. The van der Waals surface area contributed by atoms with E-state index in [0.29, 0.717) is 0 Å². The summed E-state index contributed by atoms with van der Waals surface area (Å²) in [5, 5.41) is 6.03. The number of halogens is 4. The molecule has 0 fully saturated rings. The molecule has 1 heterocycles. The molecule has 0 aliphatic heterocycles. The molecule has 0 bridgehead atoms. The van der Waals surface area contributed by atoms with Crippen molar-refractivity contribution in [3.63, 3.8) is 0 Å². The lowest BCUT2D eigenvalue weighted by Crippen LogP contribution is -2.13. The highest BCUT2D eigenvalue weighted by molar-refractivity contribution is 6.37. The number of para-hydroxylation sites is 1. The second-order valence-electron chi connectivity index (χ2n) is 4.35. The van der Waals surface area contributed by atoms with Gasteiger partial charge in [-0.1, -0.05) is 34.4 Å². The predicted octanol–water partition coefficient (Wildman–Crippen LogP) is 4.67. The Hall–Kier alpha value is -2.18. The van der Waals surface area contributed by atoms with Gasteiger partial charge in [-0.05, 0) is 24.3 Å². The van der Waals surface area contributed by atoms with E-state index in [2.05, 4.69) is 10.5 Å². The molecule has 0 saturated carbocycles. The highest BCUT2D eigenvalue weighted by Gasteiger charge is 2.18. The van der Waals surface area contributed by atoms with Gasteiger partial charge in [-0.15, -0.1) is 0 Å². The minimum absolute atomic E-state index is 0.00549. The van der Waals surface area contributed by atoms with Gasteiger partial charge >= 0.3 is 0 Å². The Kier molecular flexibility index (Phi) is 3.72. The van der Waals surface area contributed by atoms with E-state index in [4.69, 9.17) is 27.7 Å². The fourth-order valence-electron chi connectivity index (χ4n) is 1.89. The first kappa shape index (κ1) is 14.7. The predicted molar refractivity (Wildman–Crippen MR) is 78.3 cm³/mol. The van der Waals surface area contributed by atoms with Crippen LogP contribution in [-0.2, 0) is 0 Å². The monoisotopic (exact) mass is 342 g/mol. The molecule has 3 aromatic rings. The summed E-state index contributed by atoms with van der Waals surface area (Å²) in [5.74, 6) is -2.11. The van der Waals surface area contributed by atoms with Crippen LogP contribution in [0.5, 0.6) is 0 Å². The zero-order valence-electron chi connectivity index (χ0n) is 10.7. The molecule has 0 atom stereocenters. The standard InChI is InChI=1S/C14H6Cl2F2N2O2/c15-8-5-9(16)11(18)4-7(8)14(21)19-13-6-2-1-3-10(17)12(6)22-20-13/h1-5H,(H,19,20,21). The third-order valence-corrected chi connectivity index (χ3v) is 3.54. The summed E-state index contributed by atoms with van der Waals surface area (Å²) in [4.78, 5) is 12.1. The van der Waals surface area contributed by atoms with Crippen LogP contribution < -0.4 is 5.32 Å². The Bertz CT molecular complexity index is 896. The topological polar surface area (TPSA) is 55.1 Å². The van der Waals surface area contributed by atoms with E-state index in [9.17, 15) is 13.6 Å². The maximum Gasteiger partial charge on any atom is 0.258 e. The van der Waals surface area contributed by atoms with E-state index >= 15 is 0 Å². The first-order valence-electron chi connectivity index (χ1n) is 5.97. The first-order chi connectivity index (χ1) is 10.5. The van der Waals surface area contributed by atoms with Crippen molar-refractivity contribution in [2.45, 2.75) is 0 Å². The summed E-state index contributed by atoms with van der Waals surface area (Å²) in [6.45, 7) is 0. The number of carbonyl (C=O) groups is 1. The summed E-state index contributed by atoms with van der Waals surface area (Å²) < 4.78 is 31.8. The van der Waals surface area contributed by atoms with E-state index in [0.717, 1.165) is 12.1 Å². The molecule has 4 nitrogen and oxygen atoms in total. The summed E-state index contributed by atoms with van der Waals surface area (Å²) in [6.07, 6.45) is 0. The van der Waals surface area contributed by atoms with Gasteiger partial charge in [0.15, 0.2) is 11.6 Å². The van der Waals surface area contributed by atoms with Gasteiger partial charge in [-0.3, -0.25) is 4.79 Å². The van der Waals surface area contributed by atoms with Crippen LogP contribution in [0.4, 0.5) is 14.6 Å². The zero-order valence-corrected chi connectivity index (χ0v) is 12.2. The van der Waals surface area contributed by atoms with Gasteiger partial charge in [0, 0.05) is 0 Å². The Morgan fingerprint density at radius 3 is 2.68 bits per heavy atom. The van der Waals surface area contributed by atoms with Gasteiger partial charge < -0.3 is 9.84 Å². The third-order valence-electron chi connectivity index (χ3n) is 2.94. The molecule has 0 saturated heterocycles. The Morgan fingerprint density at radius 1 is 1.14 bits per heavy atom. The Labute approximate surface area is 132 Å². The molecular weight excluding hydrogens is 337 g/mol. The van der Waals surface area contributed by atoms with E-state index in [1.807, 2.05) is 0 Å². The lowest BCUT2D eigenvalue weighted by Gasteiger charge is -2.05. The molecule has 1 aromatic heterocycles. The number of anilines is 1. The van der Waals surface area contributed by atoms with Crippen molar-refractivity contribution in [3.8, 4) is 0 Å². The zero-order chi connectivity index (χ0) is 15.9. The number of benzene rings is 2. The molecule has 112 valence electrons. The molecule has 1 N–H and O–H groups in total. The van der Waals surface area contributed by atoms with Crippen molar-refractivity contribution in [3.05, 3.63) is 57.6 Å². The number of nitrogens with one attached hydrogen (secondary N) is 1. The van der Waals surface area contributed by atoms with Crippen LogP contribution in [0.1, 0.15) is 10.4 Å². The van der Waals surface area contributed by atoms with Crippen LogP contribution in [0.3, 0.4) is 0 Å². The average molecular weight is 343 g/mol. The summed E-state index contributed by atoms with van der Waals surface area (Å²) in [7, 11) is 0. The number of carbonyl (C=O) groups excluding carboxylic acids is 1. The maximum absolute atomic E-state index is 13.5. The van der Waals surface area contributed by atoms with Crippen LogP contribution in [-0.4, -0.2) is 11.1 Å². The number of nitrogens with zero attached hydrogens (tertiary/aromatic N) is 1. The normalized spacial score (nSPS) is 10.9. The molecule has 0 aliphatic rings. The smallest absolute Gasteiger partial charge is 0.258 e. The number of fused-ring (bicyclic) bond motifs is 1. The van der Waals surface area contributed by atoms with Crippen molar-refractivity contribution < 1.29 is 18.1 Å². The number of amides is 1. The first-order valence-corrected chi connectivity index (χ1v) is 6.73. The number of hydrogen-bond donors (Lipinski definition) is 1. The fourth-order valence-corrected chi connectivity index (χ4v) is 2.36. The average Bonchev–Trinajstić information content (AvgIpc) is 2.87. The van der Waals surface area contributed by atoms with Crippen LogP contribution >= 0.6 is 23.2 Å². The number of hydrogen-bond acceptors (Lipinski definition) is 3. The highest BCUT2D eigenvalue weighted by Crippen LogP contribution is 2.28. The molecule has 0 aliphatic carbocycles. The fraction of sp³-hybridized carbons (Fsp3) is 0. The van der Waals surface area contributed by atoms with Crippen molar-refractivity contribution in [2.24, 2.45) is 0 Å². The van der Waals surface area contributed by atoms with Crippen LogP contribution in [0, 0.1) is 11.6 Å². The molecule has 3 rings (SSSR count). The second kappa shape index (κ2) is 5.55. The van der Waals surface area contributed by atoms with Crippen molar-refractivity contribution in [1.82, 2.24) is 5.16 Å². The number of rotatable bonds is 2. The molecule has 8 heteroatoms. The third kappa shape index (κ3) is 2.51. The lowest BCUT2D eigenvalue weighted by molar-refractivity contribution is 0.102. The van der Waals surface area contributed by atoms with Crippen molar-refractivity contribution in [1.29, 1.82) is 0 Å². The van der Waals surface area contributed by atoms with Gasteiger partial charge in [0.1, 0.15) is 5.82 Å². The van der Waals surface area contributed by atoms with E-state index in [1.165, 1.54) is 18.2 Å². The van der Waals surface area contributed by atoms with Gasteiger partial charge in [0.25, 0.3) is 5.91 Å². The summed E-state index contributed by atoms with van der Waals surface area (Å²) >= 11 is 11.4. The van der Waals surface area contributed by atoms with Gasteiger partial charge in [0.2, 0.25) is 5.58 Å². The highest BCUT2D eigenvalue weighted by atomic mass is 35.5. The van der Waals surface area contributed by atoms with Crippen LogP contribution in [0.25, 0.3) is 11.0 Å². The molecular formula is C14H6Cl2F2N2O2. The van der Waals surface area contributed by atoms with E-state index < -0.39 is 17.5 Å². The minimum Gasteiger partial charge on any atom is -0.351 e. The second-order valence-corrected chi connectivity index (χ2v) is 5.16. The molecule has 0 unspecified atom stereocenters. The van der Waals surface area contributed by atoms with Crippen molar-refractivity contribution in [2.75, 3.05) is 5.32 Å². The minimum atomic E-state index is -0.785. The van der Waals surface area contributed by atoms with Gasteiger partial charge in [0.05, 0.1) is 21.0 Å². The van der Waals surface area contributed by atoms with E-state index in [-0.39, 0.29) is 32.4 Å². The van der Waals surface area contributed by atoms with Gasteiger partial charge in [-0.2, -0.15) is 0 Å². The summed E-state index contributed by atoms with van der Waals surface area (Å²) in [5.41, 5.74) is -0.220. The van der Waals surface area contributed by atoms with Crippen LogP contribution in [0.2, 0.25) is 10.0 Å². The molecule has 0 radical (unpaired) electrons. The Balaban J connectivity index is 1.97. The number of aromatic nitrogens is 1. The maximum atomic E-state index is 13.5. The van der Waals surface area contributed by atoms with E-state index in [1.54, 1.807) is 0 Å². The molecule has 0 spiro atoms. The molecule has 2 aromatic carbocycles.